The lowest BCUT2D eigenvalue weighted by molar-refractivity contribution is 0.104. The molecule has 3 aromatic carbocycles. The molecule has 0 saturated carbocycles. The van der Waals surface area contributed by atoms with Gasteiger partial charge < -0.3 is 10.4 Å². The third-order valence-electron chi connectivity index (χ3n) is 4.66. The first-order valence-corrected chi connectivity index (χ1v) is 9.48. The third-order valence-corrected chi connectivity index (χ3v) is 4.66. The van der Waals surface area contributed by atoms with Gasteiger partial charge in [-0.1, -0.05) is 91.0 Å². The zero-order valence-electron chi connectivity index (χ0n) is 16.0. The van der Waals surface area contributed by atoms with Gasteiger partial charge in [-0.05, 0) is 18.1 Å². The summed E-state index contributed by atoms with van der Waals surface area (Å²) in [6.07, 6.45) is 1.24. The quantitative estimate of drug-likeness (QED) is 0.421. The first-order valence-electron chi connectivity index (χ1n) is 9.48. The SMILES string of the molecule is C[C@@H](N/C(=C/C(=O)c1ccccc1)C[C@H](O)c1ccccc1)c1ccccc1. The summed E-state index contributed by atoms with van der Waals surface area (Å²) in [7, 11) is 0. The maximum atomic E-state index is 12.7. The largest absolute Gasteiger partial charge is 0.388 e. The topological polar surface area (TPSA) is 49.3 Å². The Morgan fingerprint density at radius 2 is 1.36 bits per heavy atom. The predicted octanol–water partition coefficient (Wildman–Crippen LogP) is 5.23. The lowest BCUT2D eigenvalue weighted by atomic mass is 10.0. The number of aliphatic hydroxyl groups excluding tert-OH is 1. The number of carbonyl (C=O) groups is 1. The van der Waals surface area contributed by atoms with E-state index in [9.17, 15) is 9.90 Å². The molecule has 0 heterocycles. The van der Waals surface area contributed by atoms with E-state index in [1.165, 1.54) is 0 Å². The van der Waals surface area contributed by atoms with Gasteiger partial charge >= 0.3 is 0 Å². The standard InChI is InChI=1S/C25H25NO2/c1-19(20-11-5-2-6-12-20)26-23(17-24(27)21-13-7-3-8-14-21)18-25(28)22-15-9-4-10-16-22/h2-17,19,25-26,28H,18H2,1H3/b23-17+/t19-,25+/m1/s1. The van der Waals surface area contributed by atoms with Crippen LogP contribution in [0.1, 0.15) is 47.0 Å². The summed E-state index contributed by atoms with van der Waals surface area (Å²) in [6.45, 7) is 2.05. The van der Waals surface area contributed by atoms with E-state index in [-0.39, 0.29) is 11.8 Å². The lowest BCUT2D eigenvalue weighted by Crippen LogP contribution is -2.21. The number of carbonyl (C=O) groups excluding carboxylic acids is 1. The van der Waals surface area contributed by atoms with E-state index in [1.54, 1.807) is 18.2 Å². The van der Waals surface area contributed by atoms with Crippen LogP contribution in [-0.4, -0.2) is 10.9 Å². The smallest absolute Gasteiger partial charge is 0.187 e. The van der Waals surface area contributed by atoms with Crippen molar-refractivity contribution in [3.63, 3.8) is 0 Å². The Kier molecular flexibility index (Phi) is 6.77. The van der Waals surface area contributed by atoms with Crippen LogP contribution in [0.4, 0.5) is 0 Å². The summed E-state index contributed by atoms with van der Waals surface area (Å²) >= 11 is 0. The van der Waals surface area contributed by atoms with Gasteiger partial charge in [0.2, 0.25) is 0 Å². The average molecular weight is 371 g/mol. The predicted molar refractivity (Wildman–Crippen MR) is 113 cm³/mol. The maximum Gasteiger partial charge on any atom is 0.187 e. The summed E-state index contributed by atoms with van der Waals surface area (Å²) in [5.74, 6) is -0.0800. The monoisotopic (exact) mass is 371 g/mol. The highest BCUT2D eigenvalue weighted by molar-refractivity contribution is 6.04. The van der Waals surface area contributed by atoms with Gasteiger partial charge in [0.15, 0.2) is 5.78 Å². The third kappa shape index (κ3) is 5.41. The maximum absolute atomic E-state index is 12.7. The number of aliphatic hydroxyl groups is 1. The molecule has 0 fully saturated rings. The summed E-state index contributed by atoms with van der Waals surface area (Å²) in [6, 6.07) is 28.7. The molecule has 0 spiro atoms. The number of hydrogen-bond donors (Lipinski definition) is 2. The summed E-state index contributed by atoms with van der Waals surface area (Å²) in [5.41, 5.74) is 3.29. The van der Waals surface area contributed by atoms with Crippen molar-refractivity contribution in [3.05, 3.63) is 119 Å². The van der Waals surface area contributed by atoms with Crippen molar-refractivity contribution in [1.82, 2.24) is 5.32 Å². The van der Waals surface area contributed by atoms with Gasteiger partial charge in [0.05, 0.1) is 6.10 Å². The molecule has 3 rings (SSSR count). The first-order chi connectivity index (χ1) is 13.6. The Balaban J connectivity index is 1.82. The fourth-order valence-electron chi connectivity index (χ4n) is 3.11. The van der Waals surface area contributed by atoms with E-state index in [0.29, 0.717) is 17.7 Å². The minimum atomic E-state index is -0.688. The van der Waals surface area contributed by atoms with E-state index in [1.807, 2.05) is 85.8 Å². The molecule has 2 N–H and O–H groups in total. The van der Waals surface area contributed by atoms with Crippen molar-refractivity contribution < 1.29 is 9.90 Å². The molecule has 3 heteroatoms. The number of allylic oxidation sites excluding steroid dienone is 1. The van der Waals surface area contributed by atoms with E-state index < -0.39 is 6.10 Å². The Morgan fingerprint density at radius 3 is 1.93 bits per heavy atom. The minimum Gasteiger partial charge on any atom is -0.388 e. The van der Waals surface area contributed by atoms with Crippen LogP contribution >= 0.6 is 0 Å². The molecule has 0 aliphatic rings. The van der Waals surface area contributed by atoms with Crippen molar-refractivity contribution >= 4 is 5.78 Å². The zero-order valence-corrected chi connectivity index (χ0v) is 16.0. The molecule has 142 valence electrons. The van der Waals surface area contributed by atoms with Gasteiger partial charge in [-0.25, -0.2) is 0 Å². The summed E-state index contributed by atoms with van der Waals surface area (Å²) in [5, 5.41) is 14.1. The summed E-state index contributed by atoms with van der Waals surface area (Å²) in [4.78, 5) is 12.7. The second kappa shape index (κ2) is 9.67. The molecular weight excluding hydrogens is 346 g/mol. The summed E-state index contributed by atoms with van der Waals surface area (Å²) < 4.78 is 0. The molecule has 0 bridgehead atoms. The number of rotatable bonds is 8. The fraction of sp³-hybridized carbons (Fsp3) is 0.160. The average Bonchev–Trinajstić information content (AvgIpc) is 2.75. The number of hydrogen-bond acceptors (Lipinski definition) is 3. The van der Waals surface area contributed by atoms with Gasteiger partial charge in [0.25, 0.3) is 0 Å². The molecule has 0 aliphatic carbocycles. The van der Waals surface area contributed by atoms with Crippen LogP contribution in [-0.2, 0) is 0 Å². The molecule has 28 heavy (non-hydrogen) atoms. The number of nitrogens with one attached hydrogen (secondary N) is 1. The molecule has 0 unspecified atom stereocenters. The second-order valence-electron chi connectivity index (χ2n) is 6.81. The van der Waals surface area contributed by atoms with Crippen molar-refractivity contribution in [3.8, 4) is 0 Å². The highest BCUT2D eigenvalue weighted by Gasteiger charge is 2.15. The van der Waals surface area contributed by atoms with Gasteiger partial charge in [-0.3, -0.25) is 4.79 Å². The van der Waals surface area contributed by atoms with E-state index >= 15 is 0 Å². The molecule has 0 aliphatic heterocycles. The number of ketones is 1. The first kappa shape index (κ1) is 19.6. The van der Waals surface area contributed by atoms with E-state index in [2.05, 4.69) is 5.32 Å². The fourth-order valence-corrected chi connectivity index (χ4v) is 3.11. The van der Waals surface area contributed by atoms with Crippen molar-refractivity contribution in [2.45, 2.75) is 25.5 Å². The van der Waals surface area contributed by atoms with Crippen LogP contribution in [0.25, 0.3) is 0 Å². The van der Waals surface area contributed by atoms with E-state index in [0.717, 1.165) is 11.1 Å². The molecule has 3 nitrogen and oxygen atoms in total. The molecule has 2 atom stereocenters. The second-order valence-corrected chi connectivity index (χ2v) is 6.81. The van der Waals surface area contributed by atoms with Gasteiger partial charge in [-0.15, -0.1) is 0 Å². The Bertz CT molecular complexity index is 856. The molecule has 3 aromatic rings. The Morgan fingerprint density at radius 1 is 0.857 bits per heavy atom. The Labute approximate surface area is 166 Å². The minimum absolute atomic E-state index is 0.0130. The van der Waals surface area contributed by atoms with Crippen LogP contribution in [0.5, 0.6) is 0 Å². The van der Waals surface area contributed by atoms with Crippen LogP contribution in [0, 0.1) is 0 Å². The van der Waals surface area contributed by atoms with Gasteiger partial charge in [0, 0.05) is 29.8 Å². The highest BCUT2D eigenvalue weighted by atomic mass is 16.3. The van der Waals surface area contributed by atoms with Gasteiger partial charge in [0.1, 0.15) is 0 Å². The van der Waals surface area contributed by atoms with Crippen LogP contribution < -0.4 is 5.32 Å². The molecular formula is C25H25NO2. The molecule has 0 saturated heterocycles. The zero-order chi connectivity index (χ0) is 19.8. The van der Waals surface area contributed by atoms with E-state index in [4.69, 9.17) is 0 Å². The molecule has 0 aromatic heterocycles. The van der Waals surface area contributed by atoms with Crippen LogP contribution in [0.3, 0.4) is 0 Å². The van der Waals surface area contributed by atoms with Crippen molar-refractivity contribution in [2.75, 3.05) is 0 Å². The lowest BCUT2D eigenvalue weighted by Gasteiger charge is -2.21. The van der Waals surface area contributed by atoms with Crippen LogP contribution in [0.15, 0.2) is 103 Å². The highest BCUT2D eigenvalue weighted by Crippen LogP contribution is 2.23. The van der Waals surface area contributed by atoms with Gasteiger partial charge in [-0.2, -0.15) is 0 Å². The van der Waals surface area contributed by atoms with Crippen LogP contribution in [0.2, 0.25) is 0 Å². The molecule has 0 amide bonds. The van der Waals surface area contributed by atoms with Crippen molar-refractivity contribution in [2.24, 2.45) is 0 Å². The molecule has 0 radical (unpaired) electrons. The van der Waals surface area contributed by atoms with Crippen molar-refractivity contribution in [1.29, 1.82) is 0 Å². The normalized spacial score (nSPS) is 13.6. The Hall–Kier alpha value is -3.17. The number of benzene rings is 3.